The van der Waals surface area contributed by atoms with Gasteiger partial charge in [-0.3, -0.25) is 9.59 Å². The molecule has 160 valence electrons. The van der Waals surface area contributed by atoms with E-state index >= 15 is 0 Å². The number of thiophene rings is 2. The molecule has 2 saturated carbocycles. The Morgan fingerprint density at radius 3 is 2.83 bits per heavy atom. The van der Waals surface area contributed by atoms with Crippen molar-refractivity contribution in [3.63, 3.8) is 0 Å². The van der Waals surface area contributed by atoms with Gasteiger partial charge in [-0.25, -0.2) is 0 Å². The number of fused-ring (bicyclic) bond motifs is 2. The molecule has 2 heterocycles. The first-order valence-electron chi connectivity index (χ1n) is 10.6. The van der Waals surface area contributed by atoms with Crippen molar-refractivity contribution in [2.24, 2.45) is 17.8 Å². The Balaban J connectivity index is 1.32. The number of allylic oxidation sites excluding steroid dienone is 2. The average molecular weight is 462 g/mol. The third-order valence-corrected chi connectivity index (χ3v) is 9.48. The van der Waals surface area contributed by atoms with E-state index in [4.69, 9.17) is 5.11 Å². The zero-order valence-electron chi connectivity index (χ0n) is 16.8. The summed E-state index contributed by atoms with van der Waals surface area (Å²) in [5.74, 6) is 1.14. The largest absolute Gasteiger partial charge is 0.481 e. The molecule has 4 nitrogen and oxygen atoms in total. The Morgan fingerprint density at radius 1 is 1.17 bits per heavy atom. The molecule has 7 heteroatoms. The smallest absolute Gasteiger partial charge is 0.303 e. The van der Waals surface area contributed by atoms with Crippen molar-refractivity contribution >= 4 is 46.3 Å². The van der Waals surface area contributed by atoms with Crippen LogP contribution < -0.4 is 5.32 Å². The van der Waals surface area contributed by atoms with Crippen LogP contribution in [0.2, 0.25) is 0 Å². The molecule has 30 heavy (non-hydrogen) atoms. The number of carbonyl (C=O) groups is 2. The Labute approximate surface area is 189 Å². The van der Waals surface area contributed by atoms with Gasteiger partial charge in [0.05, 0.1) is 13.3 Å². The predicted molar refractivity (Wildman–Crippen MR) is 124 cm³/mol. The number of nitrogens with one attached hydrogen (secondary N) is 1. The van der Waals surface area contributed by atoms with Gasteiger partial charge in [0.2, 0.25) is 0 Å². The van der Waals surface area contributed by atoms with E-state index in [1.165, 1.54) is 23.5 Å². The van der Waals surface area contributed by atoms with Crippen LogP contribution in [0.4, 0.5) is 0 Å². The lowest BCUT2D eigenvalue weighted by atomic mass is 9.82. The van der Waals surface area contributed by atoms with Gasteiger partial charge in [0.25, 0.3) is 5.91 Å². The highest BCUT2D eigenvalue weighted by Gasteiger charge is 2.47. The van der Waals surface area contributed by atoms with E-state index < -0.39 is 5.97 Å². The van der Waals surface area contributed by atoms with Crippen LogP contribution in [-0.2, 0) is 4.79 Å². The van der Waals surface area contributed by atoms with Gasteiger partial charge >= 0.3 is 5.97 Å². The number of rotatable bonds is 10. The number of aliphatic carboxylic acids is 1. The standard InChI is InChI=1S/C23H27NO3S3/c25-19(26)7-4-2-1-3-6-17-15-9-10-16(14-15)22(17)24-23(27)18-11-12-21(29-18)30-20-8-5-13-28-20/h1,3,5,8,11-13,15-17,22H,2,4,6-7,9-10,14H2,(H,24,27)(H,25,26). The second kappa shape index (κ2) is 10.2. The molecule has 1 amide bonds. The molecule has 0 aliphatic heterocycles. The van der Waals surface area contributed by atoms with Gasteiger partial charge in [0.15, 0.2) is 0 Å². The summed E-state index contributed by atoms with van der Waals surface area (Å²) < 4.78 is 2.39. The van der Waals surface area contributed by atoms with E-state index in [-0.39, 0.29) is 18.4 Å². The van der Waals surface area contributed by atoms with E-state index in [9.17, 15) is 9.59 Å². The van der Waals surface area contributed by atoms with E-state index in [2.05, 4.69) is 28.9 Å². The van der Waals surface area contributed by atoms with Gasteiger partial charge in [-0.15, -0.1) is 22.7 Å². The highest BCUT2D eigenvalue weighted by atomic mass is 32.2. The fourth-order valence-electron chi connectivity index (χ4n) is 4.86. The highest BCUT2D eigenvalue weighted by Crippen LogP contribution is 2.50. The van der Waals surface area contributed by atoms with Crippen LogP contribution in [0.15, 0.2) is 50.2 Å². The quantitative estimate of drug-likeness (QED) is 0.321. The minimum Gasteiger partial charge on any atom is -0.481 e. The first-order chi connectivity index (χ1) is 14.6. The fraction of sp³-hybridized carbons (Fsp3) is 0.478. The number of hydrogen-bond acceptors (Lipinski definition) is 5. The van der Waals surface area contributed by atoms with Crippen molar-refractivity contribution in [3.05, 3.63) is 46.7 Å². The van der Waals surface area contributed by atoms with Gasteiger partial charge in [0.1, 0.15) is 0 Å². The van der Waals surface area contributed by atoms with E-state index in [0.29, 0.717) is 24.2 Å². The summed E-state index contributed by atoms with van der Waals surface area (Å²) in [5, 5.41) is 14.2. The van der Waals surface area contributed by atoms with E-state index in [0.717, 1.165) is 21.9 Å². The van der Waals surface area contributed by atoms with Crippen LogP contribution in [0.1, 0.15) is 54.6 Å². The number of amides is 1. The van der Waals surface area contributed by atoms with Crippen LogP contribution in [0.25, 0.3) is 0 Å². The topological polar surface area (TPSA) is 66.4 Å². The number of unbranched alkanes of at least 4 members (excludes halogenated alkanes) is 1. The van der Waals surface area contributed by atoms with Crippen molar-refractivity contribution in [2.45, 2.75) is 59.4 Å². The molecular weight excluding hydrogens is 434 g/mol. The Bertz CT molecular complexity index is 889. The minimum absolute atomic E-state index is 0.0611. The first kappa shape index (κ1) is 21.7. The van der Waals surface area contributed by atoms with Crippen LogP contribution in [0.5, 0.6) is 0 Å². The number of carboxylic acids is 1. The summed E-state index contributed by atoms with van der Waals surface area (Å²) in [5.41, 5.74) is 0. The molecule has 2 bridgehead atoms. The summed E-state index contributed by atoms with van der Waals surface area (Å²) in [6, 6.07) is 8.40. The lowest BCUT2D eigenvalue weighted by molar-refractivity contribution is -0.137. The van der Waals surface area contributed by atoms with Gasteiger partial charge in [-0.1, -0.05) is 30.0 Å². The summed E-state index contributed by atoms with van der Waals surface area (Å²) in [7, 11) is 0. The normalized spacial score (nSPS) is 25.2. The lowest BCUT2D eigenvalue weighted by Gasteiger charge is -2.31. The van der Waals surface area contributed by atoms with Crippen molar-refractivity contribution in [2.75, 3.05) is 0 Å². The van der Waals surface area contributed by atoms with Crippen molar-refractivity contribution in [3.8, 4) is 0 Å². The van der Waals surface area contributed by atoms with Gasteiger partial charge in [0, 0.05) is 12.5 Å². The zero-order valence-corrected chi connectivity index (χ0v) is 19.2. The average Bonchev–Trinajstić information content (AvgIpc) is 3.50. The molecule has 2 aromatic heterocycles. The van der Waals surface area contributed by atoms with Crippen molar-refractivity contribution < 1.29 is 14.7 Å². The maximum atomic E-state index is 12.9. The predicted octanol–water partition coefficient (Wildman–Crippen LogP) is 6.31. The monoisotopic (exact) mass is 461 g/mol. The van der Waals surface area contributed by atoms with Crippen molar-refractivity contribution in [1.82, 2.24) is 5.32 Å². The first-order valence-corrected chi connectivity index (χ1v) is 13.1. The zero-order chi connectivity index (χ0) is 20.9. The summed E-state index contributed by atoms with van der Waals surface area (Å²) in [6.07, 6.45) is 10.7. The molecule has 0 radical (unpaired) electrons. The molecule has 2 fully saturated rings. The van der Waals surface area contributed by atoms with Crippen LogP contribution >= 0.6 is 34.4 Å². The summed E-state index contributed by atoms with van der Waals surface area (Å²) >= 11 is 5.00. The molecule has 4 atom stereocenters. The Hall–Kier alpha value is -1.57. The molecule has 2 aliphatic rings. The molecule has 2 N–H and O–H groups in total. The van der Waals surface area contributed by atoms with E-state index in [1.807, 2.05) is 18.2 Å². The number of carboxylic acid groups (broad SMARTS) is 1. The molecule has 4 unspecified atom stereocenters. The maximum absolute atomic E-state index is 12.9. The summed E-state index contributed by atoms with van der Waals surface area (Å²) in [6.45, 7) is 0. The minimum atomic E-state index is -0.732. The Kier molecular flexibility index (Phi) is 7.33. The van der Waals surface area contributed by atoms with E-state index in [1.54, 1.807) is 34.4 Å². The lowest BCUT2D eigenvalue weighted by Crippen LogP contribution is -2.43. The molecule has 2 aliphatic carbocycles. The number of hydrogen-bond donors (Lipinski definition) is 2. The SMILES string of the molecule is O=C(O)CCCC=CCC1C2CCC(C2)C1NC(=O)c1ccc(Sc2cccs2)s1. The molecule has 0 spiro atoms. The molecule has 2 aromatic rings. The second-order valence-electron chi connectivity index (χ2n) is 8.14. The highest BCUT2D eigenvalue weighted by molar-refractivity contribution is 8.02. The van der Waals surface area contributed by atoms with Crippen LogP contribution in [0, 0.1) is 17.8 Å². The fourth-order valence-corrected chi connectivity index (χ4v) is 7.92. The third kappa shape index (κ3) is 5.37. The Morgan fingerprint density at radius 2 is 2.03 bits per heavy atom. The second-order valence-corrected chi connectivity index (χ2v) is 11.8. The van der Waals surface area contributed by atoms with Crippen molar-refractivity contribution in [1.29, 1.82) is 0 Å². The molecular formula is C23H27NO3S3. The van der Waals surface area contributed by atoms with Gasteiger partial charge in [-0.05, 0) is 79.9 Å². The van der Waals surface area contributed by atoms with Gasteiger partial charge < -0.3 is 10.4 Å². The molecule has 4 rings (SSSR count). The number of carbonyl (C=O) groups excluding carboxylic acids is 1. The third-order valence-electron chi connectivity index (χ3n) is 6.22. The molecule has 0 aromatic carbocycles. The molecule has 0 saturated heterocycles. The van der Waals surface area contributed by atoms with Crippen LogP contribution in [0.3, 0.4) is 0 Å². The van der Waals surface area contributed by atoms with Crippen LogP contribution in [-0.4, -0.2) is 23.0 Å². The summed E-state index contributed by atoms with van der Waals surface area (Å²) in [4.78, 5) is 24.3. The maximum Gasteiger partial charge on any atom is 0.303 e. The van der Waals surface area contributed by atoms with Gasteiger partial charge in [-0.2, -0.15) is 0 Å².